The number of aromatic nitrogens is 12. The second kappa shape index (κ2) is 24.7. The van der Waals surface area contributed by atoms with Crippen molar-refractivity contribution < 1.29 is 30.6 Å². The maximum atomic E-state index is 11.2. The van der Waals surface area contributed by atoms with Crippen molar-refractivity contribution in [2.45, 2.75) is 132 Å². The molecule has 3 aromatic carbocycles. The fraction of sp³-hybridized carbons (Fsp3) is 0.320. The summed E-state index contributed by atoms with van der Waals surface area (Å²) in [5.74, 6) is 1.79. The van der Waals surface area contributed by atoms with Gasteiger partial charge in [0.25, 0.3) is 0 Å². The van der Waals surface area contributed by atoms with Gasteiger partial charge in [0, 0.05) is 84.9 Å². The Morgan fingerprint density at radius 1 is 0.384 bits per heavy atom. The maximum absolute atomic E-state index is 11.2. The first-order valence-electron chi connectivity index (χ1n) is 33.2. The minimum absolute atomic E-state index is 0.132. The Morgan fingerprint density at radius 2 is 0.667 bits per heavy atom. The third-order valence-corrected chi connectivity index (χ3v) is 24.3. The Bertz CT molecular complexity index is 4820. The van der Waals surface area contributed by atoms with Gasteiger partial charge < -0.3 is 61.5 Å². The van der Waals surface area contributed by atoms with Crippen molar-refractivity contribution in [3.63, 3.8) is 0 Å². The van der Waals surface area contributed by atoms with Crippen LogP contribution in [0.2, 0.25) is 0 Å². The molecule has 3 spiro atoms. The van der Waals surface area contributed by atoms with E-state index >= 15 is 0 Å². The molecule has 9 aromatic heterocycles. The molecule has 0 bridgehead atoms. The number of benzene rings is 3. The highest BCUT2D eigenvalue weighted by molar-refractivity contribution is 9.11. The molecule has 504 valence electrons. The van der Waals surface area contributed by atoms with Gasteiger partial charge in [-0.25, -0.2) is 44.9 Å². The van der Waals surface area contributed by atoms with Gasteiger partial charge in [0.05, 0.1) is 83.5 Å². The van der Waals surface area contributed by atoms with Crippen molar-refractivity contribution in [1.29, 1.82) is 0 Å². The minimum Gasteiger partial charge on any atom is -0.389 e. The number of anilines is 3. The van der Waals surface area contributed by atoms with E-state index in [0.29, 0.717) is 36.7 Å². The van der Waals surface area contributed by atoms with E-state index < -0.39 is 52.9 Å². The third-order valence-electron chi connectivity index (χ3n) is 22.4. The number of hydrogen-bond donors (Lipinski definition) is 9. The maximum Gasteiger partial charge on any atom is 0.143 e. The fourth-order valence-electron chi connectivity index (χ4n) is 17.0. The second-order valence-corrected chi connectivity index (χ2v) is 30.6. The van der Waals surface area contributed by atoms with Crippen LogP contribution in [0.15, 0.2) is 178 Å². The monoisotopic (exact) mass is 1520 g/mol. The van der Waals surface area contributed by atoms with Gasteiger partial charge in [0.2, 0.25) is 0 Å². The minimum atomic E-state index is -0.880. The lowest BCUT2D eigenvalue weighted by Crippen LogP contribution is -2.34. The van der Waals surface area contributed by atoms with Gasteiger partial charge in [-0.3, -0.25) is 0 Å². The van der Waals surface area contributed by atoms with Crippen molar-refractivity contribution in [3.05, 3.63) is 212 Å². The number of nitrogens with two attached hydrogens (primary N) is 3. The van der Waals surface area contributed by atoms with Crippen LogP contribution in [0.3, 0.4) is 0 Å². The molecule has 12 aromatic rings. The lowest BCUT2D eigenvalue weighted by molar-refractivity contribution is -0.0129. The van der Waals surface area contributed by atoms with Crippen molar-refractivity contribution in [1.82, 2.24) is 58.6 Å². The van der Waals surface area contributed by atoms with Gasteiger partial charge in [0.1, 0.15) is 71.7 Å². The van der Waals surface area contributed by atoms with Crippen LogP contribution in [0.4, 0.5) is 17.5 Å². The summed E-state index contributed by atoms with van der Waals surface area (Å²) in [5.41, 5.74) is 27.5. The summed E-state index contributed by atoms with van der Waals surface area (Å²) >= 11 is 10.3. The van der Waals surface area contributed by atoms with E-state index in [2.05, 4.69) is 184 Å². The molecule has 6 aliphatic rings. The van der Waals surface area contributed by atoms with Crippen LogP contribution in [0, 0.1) is 37.0 Å². The molecule has 0 radical (unpaired) electrons. The SMILES string of the molecule is Cc1ncnc2c1ccn2[C@@H]1C[C@@]2(C=C[C@@H](c3ccc4cc(Br)c(N)nc4c3)C2)[C@@H](O)[C@H]1O.Cc1ncnc2c1ccn2[C@@H]1C[C@@]2(C=C[C@@H](c3ccc4cc(Br)c(N)nc4c3)C2)[C@@H](O)[C@H]1O.Cc1ncnc2c1ccn2[C@@H]1C[C@@]2(C=C[C@H](c3ccc4cc(Br)c(N)nc4c3)C2)[C@@H](O)[C@H]1O. The molecule has 9 heterocycles. The first kappa shape index (κ1) is 65.2. The third kappa shape index (κ3) is 11.0. The number of aliphatic hydroxyl groups excluding tert-OH is 6. The average Bonchev–Trinajstić information content (AvgIpc) is 1.69. The van der Waals surface area contributed by atoms with Crippen LogP contribution in [0.1, 0.15) is 108 Å². The summed E-state index contributed by atoms with van der Waals surface area (Å²) in [5, 5.41) is 72.6. The number of pyridine rings is 3. The highest BCUT2D eigenvalue weighted by Gasteiger charge is 2.57. The van der Waals surface area contributed by atoms with E-state index in [1.165, 1.54) is 0 Å². The van der Waals surface area contributed by atoms with Gasteiger partial charge in [0.15, 0.2) is 0 Å². The Morgan fingerprint density at radius 3 is 0.949 bits per heavy atom. The summed E-state index contributed by atoms with van der Waals surface area (Å²) in [6.45, 7) is 5.85. The number of hydrogen-bond acceptors (Lipinski definition) is 18. The Kier molecular flexibility index (Phi) is 16.3. The van der Waals surface area contributed by atoms with Gasteiger partial charge in [-0.05, 0) is 178 Å². The number of fused-ring (bicyclic) bond motifs is 6. The zero-order valence-electron chi connectivity index (χ0n) is 54.2. The predicted octanol–water partition coefficient (Wildman–Crippen LogP) is 12.1. The highest BCUT2D eigenvalue weighted by Crippen LogP contribution is 2.58. The molecule has 0 amide bonds. The normalized spacial score (nSPS) is 29.1. The smallest absolute Gasteiger partial charge is 0.143 e. The molecular weight excluding hydrogens is 1450 g/mol. The first-order valence-corrected chi connectivity index (χ1v) is 35.5. The molecule has 6 aliphatic carbocycles. The quantitative estimate of drug-likeness (QED) is 0.0698. The standard InChI is InChI=1S/3C25H24BrN5O2/c3*1-13-17-5-7-31(24(17)29-12-28-13)20-11-25(22(33)21(20)32)6-4-16(10-25)14-2-3-15-8-18(26)23(27)30-19(15)9-14/h3*2-9,12,16,20-22,32-33H,10-11H2,1H3,(H2,27,30)/t16-,20+,21-,22-,25-;2*16-,20-,21+,22+,25+/m011/s1. The van der Waals surface area contributed by atoms with Gasteiger partial charge >= 0.3 is 0 Å². The molecule has 0 unspecified atom stereocenters. The number of halogens is 3. The largest absolute Gasteiger partial charge is 0.389 e. The summed E-state index contributed by atoms with van der Waals surface area (Å²) < 4.78 is 8.34. The van der Waals surface area contributed by atoms with E-state index in [9.17, 15) is 30.6 Å². The first-order chi connectivity index (χ1) is 47.6. The zero-order valence-corrected chi connectivity index (χ0v) is 58.9. The average molecular weight is 1520 g/mol. The zero-order chi connectivity index (χ0) is 68.7. The molecule has 24 heteroatoms. The lowest BCUT2D eigenvalue weighted by Gasteiger charge is -2.27. The van der Waals surface area contributed by atoms with Gasteiger partial charge in [-0.15, -0.1) is 0 Å². The van der Waals surface area contributed by atoms with E-state index in [0.717, 1.165) is 132 Å². The molecule has 3 saturated carbocycles. The highest BCUT2D eigenvalue weighted by atomic mass is 79.9. The predicted molar refractivity (Wildman–Crippen MR) is 392 cm³/mol. The van der Waals surface area contributed by atoms with Crippen LogP contribution >= 0.6 is 47.8 Å². The summed E-state index contributed by atoms with van der Waals surface area (Å²) in [6, 6.07) is 29.8. The van der Waals surface area contributed by atoms with Crippen LogP contribution in [-0.2, 0) is 0 Å². The van der Waals surface area contributed by atoms with Crippen molar-refractivity contribution in [3.8, 4) is 0 Å². The molecule has 15 atom stereocenters. The van der Waals surface area contributed by atoms with Crippen molar-refractivity contribution >= 4 is 131 Å². The van der Waals surface area contributed by atoms with Crippen LogP contribution in [0.5, 0.6) is 0 Å². The van der Waals surface area contributed by atoms with E-state index in [1.54, 1.807) is 19.0 Å². The van der Waals surface area contributed by atoms with Crippen molar-refractivity contribution in [2.24, 2.45) is 16.2 Å². The van der Waals surface area contributed by atoms with E-state index in [1.807, 2.05) is 89.5 Å². The molecule has 0 aliphatic heterocycles. The Hall–Kier alpha value is -8.43. The Labute approximate surface area is 593 Å². The Balaban J connectivity index is 0.000000116. The number of rotatable bonds is 6. The number of aliphatic hydroxyl groups is 6. The van der Waals surface area contributed by atoms with E-state index in [4.69, 9.17) is 17.2 Å². The molecule has 99 heavy (non-hydrogen) atoms. The summed E-state index contributed by atoms with van der Waals surface area (Å²) in [4.78, 5) is 39.7. The number of nitrogen functional groups attached to an aromatic ring is 3. The number of allylic oxidation sites excluding steroid dienone is 3. The van der Waals surface area contributed by atoms with Crippen LogP contribution < -0.4 is 17.2 Å². The van der Waals surface area contributed by atoms with Crippen molar-refractivity contribution in [2.75, 3.05) is 17.2 Å². The molecule has 21 nitrogen and oxygen atoms in total. The van der Waals surface area contributed by atoms with Crippen LogP contribution in [0.25, 0.3) is 65.8 Å². The van der Waals surface area contributed by atoms with Gasteiger partial charge in [-0.2, -0.15) is 0 Å². The fourth-order valence-corrected chi connectivity index (χ4v) is 18.0. The molecular formula is C75H72Br3N15O6. The lowest BCUT2D eigenvalue weighted by atomic mass is 9.80. The molecule has 0 saturated heterocycles. The molecule has 3 fully saturated rings. The topological polar surface area (TPSA) is 330 Å². The van der Waals surface area contributed by atoms with Crippen LogP contribution in [-0.4, -0.2) is 126 Å². The summed E-state index contributed by atoms with van der Waals surface area (Å²) in [7, 11) is 0. The second-order valence-electron chi connectivity index (χ2n) is 28.0. The number of nitrogens with zero attached hydrogens (tertiary/aromatic N) is 12. The summed E-state index contributed by atoms with van der Waals surface area (Å²) in [6.07, 6.45) is 22.2. The number of aryl methyl sites for hydroxylation is 3. The van der Waals surface area contributed by atoms with Gasteiger partial charge in [-0.1, -0.05) is 72.9 Å². The molecule has 18 rings (SSSR count). The molecule has 12 N–H and O–H groups in total. The van der Waals surface area contributed by atoms with E-state index in [-0.39, 0.29) is 35.9 Å².